The first-order valence-corrected chi connectivity index (χ1v) is 17.8. The molecule has 1 heterocycles. The zero-order chi connectivity index (χ0) is 37.1. The number of nitrogens with one attached hydrogen (secondary N) is 3. The van der Waals surface area contributed by atoms with Crippen LogP contribution in [0.3, 0.4) is 0 Å². The molecule has 0 saturated carbocycles. The smallest absolute Gasteiger partial charge is 0.315 e. The highest BCUT2D eigenvalue weighted by Gasteiger charge is 2.36. The maximum Gasteiger partial charge on any atom is 0.315 e. The van der Waals surface area contributed by atoms with Gasteiger partial charge >= 0.3 is 18.0 Å². The number of hydrogen-bond acceptors (Lipinski definition) is 8. The zero-order valence-corrected chi connectivity index (χ0v) is 31.3. The Bertz CT molecular complexity index is 1410. The number of nitrogens with zero attached hydrogens (tertiary/aromatic N) is 2. The topological polar surface area (TPSA) is 167 Å². The second-order valence-electron chi connectivity index (χ2n) is 14.2. The van der Waals surface area contributed by atoms with E-state index in [1.807, 2.05) is 78.8 Å². The molecule has 4 N–H and O–H groups in total. The lowest BCUT2D eigenvalue weighted by atomic mass is 9.93. The van der Waals surface area contributed by atoms with Crippen molar-refractivity contribution in [3.05, 3.63) is 52.0 Å². The maximum atomic E-state index is 13.9. The van der Waals surface area contributed by atoms with Crippen LogP contribution in [-0.4, -0.2) is 75.5 Å². The van der Waals surface area contributed by atoms with Crippen LogP contribution in [0.1, 0.15) is 109 Å². The minimum absolute atomic E-state index is 0.0642. The van der Waals surface area contributed by atoms with Crippen molar-refractivity contribution in [1.82, 2.24) is 25.8 Å². The molecule has 0 saturated heterocycles. The van der Waals surface area contributed by atoms with Gasteiger partial charge in [-0.05, 0) is 51.0 Å². The van der Waals surface area contributed by atoms with E-state index in [2.05, 4.69) is 20.9 Å². The molecule has 2 aromatic rings. The average Bonchev–Trinajstić information content (AvgIpc) is 3.50. The number of carbonyl (C=O) groups excluding carboxylic acids is 4. The van der Waals surface area contributed by atoms with Gasteiger partial charge in [-0.1, -0.05) is 71.4 Å². The number of urea groups is 1. The summed E-state index contributed by atoms with van der Waals surface area (Å²) in [6.45, 7) is 16.3. The summed E-state index contributed by atoms with van der Waals surface area (Å²) in [5, 5.41) is 20.2. The van der Waals surface area contributed by atoms with Crippen molar-refractivity contribution in [1.29, 1.82) is 0 Å². The van der Waals surface area contributed by atoms with E-state index in [0.29, 0.717) is 17.8 Å². The number of aliphatic carboxylic acids is 1. The number of ether oxygens (including phenoxy) is 1. The molecule has 12 nitrogen and oxygen atoms in total. The van der Waals surface area contributed by atoms with E-state index in [1.165, 1.54) is 18.3 Å². The first-order valence-electron chi connectivity index (χ1n) is 16.9. The molecule has 1 aromatic carbocycles. The summed E-state index contributed by atoms with van der Waals surface area (Å²) in [5.74, 6) is -3.11. The van der Waals surface area contributed by atoms with Gasteiger partial charge in [0.1, 0.15) is 16.7 Å². The average molecular weight is 702 g/mol. The van der Waals surface area contributed by atoms with Crippen molar-refractivity contribution in [2.45, 2.75) is 118 Å². The maximum absolute atomic E-state index is 13.9. The van der Waals surface area contributed by atoms with E-state index in [0.717, 1.165) is 5.56 Å². The van der Waals surface area contributed by atoms with Crippen molar-refractivity contribution in [2.24, 2.45) is 17.8 Å². The minimum Gasteiger partial charge on any atom is -0.481 e. The van der Waals surface area contributed by atoms with Crippen LogP contribution in [0.4, 0.5) is 4.79 Å². The molecule has 4 amide bonds. The second kappa shape index (κ2) is 18.7. The van der Waals surface area contributed by atoms with Crippen molar-refractivity contribution < 1.29 is 33.8 Å². The number of hydrogen-bond donors (Lipinski definition) is 4. The van der Waals surface area contributed by atoms with E-state index in [1.54, 1.807) is 24.3 Å². The summed E-state index contributed by atoms with van der Waals surface area (Å²) >= 11 is 1.17. The summed E-state index contributed by atoms with van der Waals surface area (Å²) in [6.07, 6.45) is 0.691. The number of carboxylic acids is 1. The van der Waals surface area contributed by atoms with Gasteiger partial charge in [-0.2, -0.15) is 0 Å². The van der Waals surface area contributed by atoms with Crippen molar-refractivity contribution >= 4 is 41.1 Å². The molecule has 1 aromatic heterocycles. The number of thiazole rings is 1. The van der Waals surface area contributed by atoms with Crippen molar-refractivity contribution in [3.8, 4) is 0 Å². The number of benzene rings is 1. The molecule has 0 unspecified atom stereocenters. The third kappa shape index (κ3) is 13.4. The summed E-state index contributed by atoms with van der Waals surface area (Å²) in [4.78, 5) is 70.2. The van der Waals surface area contributed by atoms with E-state index in [4.69, 9.17) is 4.74 Å². The van der Waals surface area contributed by atoms with Crippen LogP contribution < -0.4 is 16.0 Å². The van der Waals surface area contributed by atoms with Crippen LogP contribution in [-0.2, 0) is 25.5 Å². The van der Waals surface area contributed by atoms with E-state index in [9.17, 15) is 29.1 Å². The van der Waals surface area contributed by atoms with Gasteiger partial charge in [-0.25, -0.2) is 9.78 Å². The number of carboxylic acid groups (broad SMARTS) is 1. The highest BCUT2D eigenvalue weighted by molar-refractivity contribution is 7.09. The van der Waals surface area contributed by atoms with E-state index >= 15 is 0 Å². The SMILES string of the molecule is CC[C@H](C)[C@H](NC(=O)NC(C)(C)C)C(=O)N(C)[C@H](C[C@H](OC(C)=O)c1nc(C(=O)N[C@@H](Cc2ccccc2)C[C@H](C)C(=O)O)cs1)C(C)C. The van der Waals surface area contributed by atoms with Gasteiger partial charge in [-0.3, -0.25) is 19.2 Å². The quantitative estimate of drug-likeness (QED) is 0.155. The molecule has 0 bridgehead atoms. The molecule has 0 radical (unpaired) electrons. The van der Waals surface area contributed by atoms with Gasteiger partial charge in [0.15, 0.2) is 6.10 Å². The lowest BCUT2D eigenvalue weighted by molar-refractivity contribution is -0.148. The monoisotopic (exact) mass is 701 g/mol. The molecule has 0 spiro atoms. The van der Waals surface area contributed by atoms with E-state index in [-0.39, 0.29) is 36.3 Å². The Morgan fingerprint density at radius 3 is 2.16 bits per heavy atom. The Kier molecular flexibility index (Phi) is 15.7. The molecule has 0 fully saturated rings. The highest BCUT2D eigenvalue weighted by Crippen LogP contribution is 2.31. The molecule has 272 valence electrons. The van der Waals surface area contributed by atoms with Crippen LogP contribution in [0.25, 0.3) is 0 Å². The summed E-state index contributed by atoms with van der Waals surface area (Å²) in [5.41, 5.74) is 0.591. The molecular weight excluding hydrogens is 646 g/mol. The molecule has 49 heavy (non-hydrogen) atoms. The van der Waals surface area contributed by atoms with Gasteiger partial charge in [0.05, 0.1) is 5.92 Å². The number of likely N-dealkylation sites (N-methyl/N-ethyl adjacent to an activating group) is 1. The largest absolute Gasteiger partial charge is 0.481 e. The zero-order valence-electron chi connectivity index (χ0n) is 30.5. The predicted octanol–water partition coefficient (Wildman–Crippen LogP) is 5.58. The number of rotatable bonds is 17. The molecule has 6 atom stereocenters. The fraction of sp³-hybridized carbons (Fsp3) is 0.611. The Morgan fingerprint density at radius 2 is 1.63 bits per heavy atom. The van der Waals surface area contributed by atoms with Crippen LogP contribution in [0.15, 0.2) is 35.7 Å². The summed E-state index contributed by atoms with van der Waals surface area (Å²) in [6, 6.07) is 7.41. The van der Waals surface area contributed by atoms with E-state index < -0.39 is 59.6 Å². The first-order chi connectivity index (χ1) is 22.8. The predicted molar refractivity (Wildman–Crippen MR) is 190 cm³/mol. The third-order valence-corrected chi connectivity index (χ3v) is 9.32. The fourth-order valence-corrected chi connectivity index (χ4v) is 6.34. The Morgan fingerprint density at radius 1 is 1.00 bits per heavy atom. The Hall–Kier alpha value is -4.00. The first kappa shape index (κ1) is 41.2. The summed E-state index contributed by atoms with van der Waals surface area (Å²) in [7, 11) is 1.68. The molecule has 2 rings (SSSR count). The number of carbonyl (C=O) groups is 5. The second-order valence-corrected chi connectivity index (χ2v) is 15.1. The highest BCUT2D eigenvalue weighted by atomic mass is 32.1. The Balaban J connectivity index is 2.31. The van der Waals surface area contributed by atoms with Gasteiger partial charge in [-0.15, -0.1) is 11.3 Å². The number of esters is 1. The van der Waals surface area contributed by atoms with Crippen molar-refractivity contribution in [2.75, 3.05) is 7.05 Å². The lowest BCUT2D eigenvalue weighted by Gasteiger charge is -2.37. The normalized spacial score (nSPS) is 15.2. The molecule has 0 aliphatic carbocycles. The molecular formula is C36H55N5O7S. The lowest BCUT2D eigenvalue weighted by Crippen LogP contribution is -2.57. The molecule has 13 heteroatoms. The summed E-state index contributed by atoms with van der Waals surface area (Å²) < 4.78 is 5.72. The van der Waals surface area contributed by atoms with Gasteiger partial charge in [0, 0.05) is 43.4 Å². The fourth-order valence-electron chi connectivity index (χ4n) is 5.50. The van der Waals surface area contributed by atoms with Crippen LogP contribution in [0.5, 0.6) is 0 Å². The third-order valence-electron chi connectivity index (χ3n) is 8.38. The molecule has 0 aliphatic rings. The van der Waals surface area contributed by atoms with Gasteiger partial charge in [0.25, 0.3) is 5.91 Å². The minimum atomic E-state index is -0.949. The van der Waals surface area contributed by atoms with Crippen molar-refractivity contribution in [3.63, 3.8) is 0 Å². The number of aromatic nitrogens is 1. The molecule has 0 aliphatic heterocycles. The van der Waals surface area contributed by atoms with Gasteiger partial charge < -0.3 is 30.7 Å². The standard InChI is InChI=1S/C36H55N5O7S/c1-11-22(4)30(39-35(47)40-36(7,8)9)33(44)41(10)28(21(2)3)19-29(48-24(6)42)32-38-27(20-49-32)31(43)37-26(17-23(5)34(45)46)18-25-15-13-12-14-16-25/h12-16,20-23,26,28-30H,11,17-19H2,1-10H3,(H,37,43)(H,45,46)(H2,39,40,47)/t22-,23-,26+,28+,29-,30-/m0/s1. The van der Waals surface area contributed by atoms with Gasteiger partial charge in [0.2, 0.25) is 5.91 Å². The van der Waals surface area contributed by atoms with Crippen LogP contribution >= 0.6 is 11.3 Å². The Labute approximate surface area is 294 Å². The number of amides is 4. The van der Waals surface area contributed by atoms with Crippen LogP contribution in [0.2, 0.25) is 0 Å². The van der Waals surface area contributed by atoms with Crippen LogP contribution in [0, 0.1) is 17.8 Å².